The number of fused-ring (bicyclic) bond motifs is 5. The van der Waals surface area contributed by atoms with E-state index in [4.69, 9.17) is 19.4 Å². The summed E-state index contributed by atoms with van der Waals surface area (Å²) in [6, 6.07) is 7.02. The maximum atomic E-state index is 17.1. The molecule has 1 saturated carbocycles. The average Bonchev–Trinajstić information content (AvgIpc) is 3.72. The number of nitrogens with zero attached hydrogens (tertiary/aromatic N) is 5. The van der Waals surface area contributed by atoms with Crippen molar-refractivity contribution >= 4 is 27.5 Å². The number of hydrogen-bond acceptors (Lipinski definition) is 9. The van der Waals surface area contributed by atoms with Gasteiger partial charge in [-0.25, -0.2) is 8.78 Å². The monoisotopic (exact) mass is 713 g/mol. The molecule has 5 unspecified atom stereocenters. The van der Waals surface area contributed by atoms with E-state index in [1.54, 1.807) is 18.3 Å². The topological polar surface area (TPSA) is 104 Å². The number of aryl methyl sites for hydroxylation is 1. The first-order valence-corrected chi connectivity index (χ1v) is 19.4. The molecule has 4 aromatic rings. The van der Waals surface area contributed by atoms with E-state index in [1.807, 2.05) is 18.7 Å². The van der Waals surface area contributed by atoms with Gasteiger partial charge in [-0.2, -0.15) is 9.97 Å². The molecule has 0 amide bonds. The molecule has 5 aliphatic rings. The number of aromatic hydroxyl groups is 1. The number of anilines is 1. The smallest absolute Gasteiger partial charge is 0.319 e. The maximum Gasteiger partial charge on any atom is 0.319 e. The van der Waals surface area contributed by atoms with Gasteiger partial charge in [0, 0.05) is 42.3 Å². The predicted octanol–water partition coefficient (Wildman–Crippen LogP) is 7.47. The number of phenolic OH excluding ortho intramolecular Hbond substituents is 1. The van der Waals surface area contributed by atoms with Crippen LogP contribution in [-0.4, -0.2) is 86.2 Å². The van der Waals surface area contributed by atoms with Crippen LogP contribution in [0.2, 0.25) is 0 Å². The first-order valence-electron chi connectivity index (χ1n) is 19.4. The number of phenols is 1. The zero-order valence-corrected chi connectivity index (χ0v) is 30.2. The highest BCUT2D eigenvalue weighted by atomic mass is 19.1. The Morgan fingerprint density at radius 2 is 1.79 bits per heavy atom. The van der Waals surface area contributed by atoms with Crippen molar-refractivity contribution < 1.29 is 28.5 Å². The largest absolute Gasteiger partial charge is 0.508 e. The van der Waals surface area contributed by atoms with Crippen molar-refractivity contribution in [1.29, 1.82) is 0 Å². The second-order valence-corrected chi connectivity index (χ2v) is 16.5. The van der Waals surface area contributed by atoms with Crippen molar-refractivity contribution in [3.05, 3.63) is 47.7 Å². The van der Waals surface area contributed by atoms with E-state index < -0.39 is 17.2 Å². The van der Waals surface area contributed by atoms with Crippen LogP contribution in [0.15, 0.2) is 30.5 Å². The lowest BCUT2D eigenvalue weighted by atomic mass is 9.74. The highest BCUT2D eigenvalue weighted by molar-refractivity contribution is 6.01. The summed E-state index contributed by atoms with van der Waals surface area (Å²) in [7, 11) is 0. The van der Waals surface area contributed by atoms with E-state index >= 15 is 8.78 Å². The summed E-state index contributed by atoms with van der Waals surface area (Å²) in [6.45, 7) is 6.18. The molecule has 5 atom stereocenters. The van der Waals surface area contributed by atoms with Gasteiger partial charge in [0.05, 0.1) is 29.8 Å². The molecule has 276 valence electrons. The third-order valence-corrected chi connectivity index (χ3v) is 13.0. The van der Waals surface area contributed by atoms with Crippen molar-refractivity contribution in [3.8, 4) is 23.0 Å². The van der Waals surface area contributed by atoms with Crippen LogP contribution in [0, 0.1) is 17.0 Å². The van der Waals surface area contributed by atoms with E-state index in [0.717, 1.165) is 57.9 Å². The first kappa shape index (κ1) is 34.1. The Balaban J connectivity index is 1.11. The highest BCUT2D eigenvalue weighted by Gasteiger charge is 2.51. The van der Waals surface area contributed by atoms with Gasteiger partial charge >= 0.3 is 6.01 Å². The van der Waals surface area contributed by atoms with Crippen LogP contribution in [-0.2, 0) is 11.2 Å². The second kappa shape index (κ2) is 13.0. The van der Waals surface area contributed by atoms with Crippen molar-refractivity contribution in [1.82, 2.24) is 19.9 Å². The van der Waals surface area contributed by atoms with Gasteiger partial charge < -0.3 is 24.6 Å². The molecule has 4 aliphatic heterocycles. The molecule has 0 radical (unpaired) electrons. The summed E-state index contributed by atoms with van der Waals surface area (Å²) >= 11 is 0. The lowest BCUT2D eigenvalue weighted by molar-refractivity contribution is -0.0798. The molecule has 1 aliphatic carbocycles. The number of ether oxygens (including phenoxy) is 2. The summed E-state index contributed by atoms with van der Waals surface area (Å²) in [6.07, 6.45) is 14.2. The van der Waals surface area contributed by atoms with Crippen LogP contribution in [0.3, 0.4) is 0 Å². The van der Waals surface area contributed by atoms with Crippen molar-refractivity contribution in [3.63, 3.8) is 0 Å². The van der Waals surface area contributed by atoms with Crippen molar-refractivity contribution in [2.24, 2.45) is 5.41 Å². The Labute approximate surface area is 303 Å². The van der Waals surface area contributed by atoms with Crippen molar-refractivity contribution in [2.45, 2.75) is 121 Å². The number of likely N-dealkylation sites (tertiary alicyclic amines) is 1. The lowest BCUT2D eigenvalue weighted by Gasteiger charge is -2.50. The van der Waals surface area contributed by atoms with Gasteiger partial charge in [0.15, 0.2) is 5.82 Å². The molecule has 6 heterocycles. The van der Waals surface area contributed by atoms with Gasteiger partial charge in [-0.3, -0.25) is 9.88 Å². The first-order chi connectivity index (χ1) is 25.1. The number of aromatic nitrogens is 3. The fourth-order valence-corrected chi connectivity index (χ4v) is 10.6. The quantitative estimate of drug-likeness (QED) is 0.202. The van der Waals surface area contributed by atoms with Gasteiger partial charge in [-0.15, -0.1) is 0 Å². The summed E-state index contributed by atoms with van der Waals surface area (Å²) in [4.78, 5) is 19.0. The average molecular weight is 714 g/mol. The number of hydrogen-bond donors (Lipinski definition) is 2. The van der Waals surface area contributed by atoms with Gasteiger partial charge in [0.1, 0.15) is 28.6 Å². The maximum absolute atomic E-state index is 17.1. The van der Waals surface area contributed by atoms with Crippen LogP contribution < -0.4 is 9.64 Å². The SMILES string of the molecule is CCc1c(F)ccc2cc(O)cc(-c3ncc4c(N5CCCC(C)(O)C5)nc(OCC56CCCC5N(C5CC7CCC(C5)O7)CCC6)nc4c3F)c12. The molecule has 2 N–H and O–H groups in total. The predicted molar refractivity (Wildman–Crippen MR) is 196 cm³/mol. The molecule has 0 spiro atoms. The van der Waals surface area contributed by atoms with Gasteiger partial charge in [0.2, 0.25) is 0 Å². The Hall–Kier alpha value is -3.67. The molecule has 11 heteroatoms. The Morgan fingerprint density at radius 1 is 1.00 bits per heavy atom. The summed E-state index contributed by atoms with van der Waals surface area (Å²) in [5, 5.41) is 23.3. The molecule has 9 rings (SSSR count). The molecule has 2 aromatic heterocycles. The number of β-amino-alcohol motifs (C(OH)–C–C–N with tert-alkyl or cyclic N) is 1. The van der Waals surface area contributed by atoms with Gasteiger partial charge in [0.25, 0.3) is 0 Å². The lowest BCUT2D eigenvalue weighted by Crippen LogP contribution is -2.57. The number of halogens is 2. The van der Waals surface area contributed by atoms with Crippen LogP contribution >= 0.6 is 0 Å². The minimum Gasteiger partial charge on any atom is -0.508 e. The van der Waals surface area contributed by atoms with E-state index in [0.29, 0.717) is 89.9 Å². The summed E-state index contributed by atoms with van der Waals surface area (Å²) in [5.41, 5.74) is -0.231. The number of benzene rings is 2. The molecule has 2 aromatic carbocycles. The normalized spacial score (nSPS) is 30.7. The molecule has 5 fully saturated rings. The molecule has 4 saturated heterocycles. The molecule has 2 bridgehead atoms. The van der Waals surface area contributed by atoms with Gasteiger partial charge in [-0.05, 0) is 119 Å². The Kier molecular flexibility index (Phi) is 8.54. The van der Waals surface area contributed by atoms with E-state index in [-0.39, 0.29) is 28.4 Å². The molecule has 52 heavy (non-hydrogen) atoms. The van der Waals surface area contributed by atoms with Crippen LogP contribution in [0.1, 0.15) is 90.0 Å². The van der Waals surface area contributed by atoms with E-state index in [1.165, 1.54) is 25.0 Å². The summed E-state index contributed by atoms with van der Waals surface area (Å²) < 4.78 is 45.0. The van der Waals surface area contributed by atoms with E-state index in [9.17, 15) is 10.2 Å². The van der Waals surface area contributed by atoms with Crippen LogP contribution in [0.5, 0.6) is 11.8 Å². The number of piperidine rings is 2. The summed E-state index contributed by atoms with van der Waals surface area (Å²) in [5.74, 6) is -0.679. The fraction of sp³-hybridized carbons (Fsp3) is 0.585. The minimum atomic E-state index is -0.936. The highest BCUT2D eigenvalue weighted by Crippen LogP contribution is 2.50. The second-order valence-electron chi connectivity index (χ2n) is 16.5. The zero-order chi connectivity index (χ0) is 35.8. The number of pyridine rings is 1. The van der Waals surface area contributed by atoms with Crippen LogP contribution in [0.25, 0.3) is 32.9 Å². The molecular formula is C41H49F2N5O4. The molecule has 9 nitrogen and oxygen atoms in total. The molecular weight excluding hydrogens is 664 g/mol. The third kappa shape index (κ3) is 5.87. The van der Waals surface area contributed by atoms with Gasteiger partial charge in [-0.1, -0.05) is 19.4 Å². The minimum absolute atomic E-state index is 0.0299. The standard InChI is InChI=1S/C41H49F2N5O4/c1-3-29-32(42)11-8-24-17-26(49)20-30(34(24)29)36-35(43)37-31(21-44-36)38(47-15-5-12-40(2,50)22-47)46-39(45-37)51-23-41-13-4-7-33(41)48(16-6-14-41)25-18-27-9-10-28(19-25)52-27/h8,11,17,20-21,25,27-28,33,49-50H,3-7,9-10,12-16,18-19,22-23H2,1-2H3. The number of rotatable bonds is 7. The Bertz CT molecular complexity index is 2020. The van der Waals surface area contributed by atoms with E-state index in [2.05, 4.69) is 9.88 Å². The Morgan fingerprint density at radius 3 is 2.58 bits per heavy atom. The third-order valence-electron chi connectivity index (χ3n) is 13.0. The zero-order valence-electron chi connectivity index (χ0n) is 30.2. The van der Waals surface area contributed by atoms with Crippen LogP contribution in [0.4, 0.5) is 14.6 Å². The number of aliphatic hydroxyl groups is 1. The van der Waals surface area contributed by atoms with Crippen molar-refractivity contribution in [2.75, 3.05) is 31.1 Å². The fourth-order valence-electron chi connectivity index (χ4n) is 10.6.